The van der Waals surface area contributed by atoms with E-state index in [0.717, 1.165) is 41.6 Å². The van der Waals surface area contributed by atoms with E-state index in [-0.39, 0.29) is 16.5 Å². The minimum absolute atomic E-state index is 0.0334. The Hall–Kier alpha value is -2.04. The molecule has 1 aromatic carbocycles. The molecule has 1 N–H and O–H groups in total. The number of carbonyl (C=O) groups excluding carboxylic acids is 1. The summed E-state index contributed by atoms with van der Waals surface area (Å²) in [4.78, 5) is 13.6. The second kappa shape index (κ2) is 9.62. The van der Waals surface area contributed by atoms with Crippen LogP contribution in [-0.2, 0) is 17.5 Å². The lowest BCUT2D eigenvalue weighted by Gasteiger charge is -2.12. The van der Waals surface area contributed by atoms with E-state index in [1.54, 1.807) is 11.3 Å². The maximum absolute atomic E-state index is 12.9. The van der Waals surface area contributed by atoms with Crippen molar-refractivity contribution in [3.63, 3.8) is 0 Å². The third-order valence-electron chi connectivity index (χ3n) is 4.59. The maximum atomic E-state index is 12.9. The second-order valence-corrected chi connectivity index (χ2v) is 9.25. The molecule has 0 fully saturated rings. The average molecular weight is 489 g/mol. The van der Waals surface area contributed by atoms with Crippen molar-refractivity contribution < 1.29 is 18.0 Å². The molecule has 5 nitrogen and oxygen atoms in total. The van der Waals surface area contributed by atoms with Crippen LogP contribution in [0, 0.1) is 13.8 Å². The van der Waals surface area contributed by atoms with E-state index in [4.69, 9.17) is 11.6 Å². The number of nitrogens with zero attached hydrogens (tertiary/aromatic N) is 3. The number of hydrogen-bond acceptors (Lipinski definition) is 5. The van der Waals surface area contributed by atoms with Crippen LogP contribution < -0.4 is 5.32 Å². The molecular formula is C20H20ClF3N4OS2. The van der Waals surface area contributed by atoms with Gasteiger partial charge in [-0.25, -0.2) is 0 Å². The van der Waals surface area contributed by atoms with Gasteiger partial charge in [0, 0.05) is 22.4 Å². The van der Waals surface area contributed by atoms with E-state index >= 15 is 0 Å². The zero-order valence-corrected chi connectivity index (χ0v) is 19.4. The molecule has 1 amide bonds. The quantitative estimate of drug-likeness (QED) is 0.389. The predicted octanol–water partition coefficient (Wildman–Crippen LogP) is 6.44. The average Bonchev–Trinajstić information content (AvgIpc) is 3.24. The van der Waals surface area contributed by atoms with Crippen LogP contribution >= 0.6 is 34.7 Å². The fourth-order valence-corrected chi connectivity index (χ4v) is 4.66. The molecule has 2 heterocycles. The van der Waals surface area contributed by atoms with Crippen molar-refractivity contribution in [2.45, 2.75) is 45.1 Å². The summed E-state index contributed by atoms with van der Waals surface area (Å²) in [6.45, 7) is 6.79. The lowest BCUT2D eigenvalue weighted by Crippen LogP contribution is -2.16. The second-order valence-electron chi connectivity index (χ2n) is 6.82. The Bertz CT molecular complexity index is 1090. The van der Waals surface area contributed by atoms with Crippen molar-refractivity contribution >= 4 is 46.3 Å². The number of nitrogens with one attached hydrogen (secondary N) is 1. The smallest absolute Gasteiger partial charge is 0.324 e. The van der Waals surface area contributed by atoms with E-state index in [1.165, 1.54) is 16.6 Å². The van der Waals surface area contributed by atoms with Crippen molar-refractivity contribution in [1.29, 1.82) is 0 Å². The molecule has 0 saturated carbocycles. The first-order valence-corrected chi connectivity index (χ1v) is 11.6. The van der Waals surface area contributed by atoms with Crippen LogP contribution in [0.5, 0.6) is 0 Å². The lowest BCUT2D eigenvalue weighted by atomic mass is 10.1. The number of aryl methyl sites for hydroxylation is 1. The molecule has 0 aliphatic carbocycles. The summed E-state index contributed by atoms with van der Waals surface area (Å²) in [5, 5.41) is 13.6. The molecule has 0 radical (unpaired) electrons. The Labute approximate surface area is 191 Å². The third-order valence-corrected chi connectivity index (χ3v) is 6.90. The van der Waals surface area contributed by atoms with Crippen molar-refractivity contribution in [3.05, 3.63) is 44.6 Å². The highest BCUT2D eigenvalue weighted by atomic mass is 35.5. The van der Waals surface area contributed by atoms with Gasteiger partial charge in [0.1, 0.15) is 0 Å². The molecule has 0 bridgehead atoms. The number of halogens is 4. The molecule has 0 spiro atoms. The number of alkyl halides is 3. The number of hydrogen-bond donors (Lipinski definition) is 1. The Morgan fingerprint density at radius 2 is 2.03 bits per heavy atom. The van der Waals surface area contributed by atoms with Gasteiger partial charge in [0.15, 0.2) is 11.0 Å². The van der Waals surface area contributed by atoms with Gasteiger partial charge in [0.2, 0.25) is 5.91 Å². The number of thioether (sulfide) groups is 1. The number of aromatic nitrogens is 3. The SMILES string of the molecule is CCCn1c(SCC(=O)Nc2cc(C(F)(F)F)ccc2Cl)nnc1-c1csc(C)c1C. The topological polar surface area (TPSA) is 59.8 Å². The molecule has 0 unspecified atom stereocenters. The first-order valence-electron chi connectivity index (χ1n) is 9.39. The third kappa shape index (κ3) is 5.42. The Balaban J connectivity index is 1.74. The molecule has 0 aliphatic heterocycles. The van der Waals surface area contributed by atoms with Crippen molar-refractivity contribution in [1.82, 2.24) is 14.8 Å². The van der Waals surface area contributed by atoms with Crippen LogP contribution in [-0.4, -0.2) is 26.4 Å². The predicted molar refractivity (Wildman–Crippen MR) is 119 cm³/mol. The summed E-state index contributed by atoms with van der Waals surface area (Å²) in [5.41, 5.74) is 1.19. The largest absolute Gasteiger partial charge is 0.416 e. The van der Waals surface area contributed by atoms with Crippen LogP contribution in [0.2, 0.25) is 5.02 Å². The van der Waals surface area contributed by atoms with E-state index in [9.17, 15) is 18.0 Å². The molecule has 31 heavy (non-hydrogen) atoms. The Morgan fingerprint density at radius 1 is 1.29 bits per heavy atom. The lowest BCUT2D eigenvalue weighted by molar-refractivity contribution is -0.137. The fourth-order valence-electron chi connectivity index (χ4n) is 2.87. The first kappa shape index (κ1) is 23.6. The van der Waals surface area contributed by atoms with Gasteiger partial charge in [-0.1, -0.05) is 30.3 Å². The minimum Gasteiger partial charge on any atom is -0.324 e. The highest BCUT2D eigenvalue weighted by Crippen LogP contribution is 2.34. The van der Waals surface area contributed by atoms with Gasteiger partial charge in [-0.05, 0) is 44.0 Å². The summed E-state index contributed by atoms with van der Waals surface area (Å²) in [5.74, 6) is 0.213. The number of rotatable bonds is 7. The van der Waals surface area contributed by atoms with Crippen LogP contribution in [0.1, 0.15) is 29.3 Å². The Morgan fingerprint density at radius 3 is 2.65 bits per heavy atom. The number of benzene rings is 1. The molecule has 2 aromatic heterocycles. The molecular weight excluding hydrogens is 469 g/mol. The molecule has 0 aliphatic rings. The van der Waals surface area contributed by atoms with E-state index in [2.05, 4.69) is 15.5 Å². The highest BCUT2D eigenvalue weighted by Gasteiger charge is 2.31. The number of thiophene rings is 1. The highest BCUT2D eigenvalue weighted by molar-refractivity contribution is 7.99. The van der Waals surface area contributed by atoms with Gasteiger partial charge in [0.05, 0.1) is 22.0 Å². The van der Waals surface area contributed by atoms with Gasteiger partial charge in [0.25, 0.3) is 0 Å². The molecule has 0 saturated heterocycles. The van der Waals surface area contributed by atoms with E-state index in [0.29, 0.717) is 11.7 Å². The first-order chi connectivity index (χ1) is 14.6. The van der Waals surface area contributed by atoms with Crippen LogP contribution in [0.25, 0.3) is 11.4 Å². The minimum atomic E-state index is -4.52. The summed E-state index contributed by atoms with van der Waals surface area (Å²) in [6, 6.07) is 2.81. The zero-order valence-electron chi connectivity index (χ0n) is 17.0. The summed E-state index contributed by atoms with van der Waals surface area (Å²) in [7, 11) is 0. The van der Waals surface area contributed by atoms with Gasteiger partial charge < -0.3 is 9.88 Å². The van der Waals surface area contributed by atoms with E-state index in [1.807, 2.05) is 30.7 Å². The van der Waals surface area contributed by atoms with Gasteiger partial charge in [-0.15, -0.1) is 21.5 Å². The van der Waals surface area contributed by atoms with Crippen LogP contribution in [0.15, 0.2) is 28.7 Å². The molecule has 11 heteroatoms. The molecule has 3 aromatic rings. The van der Waals surface area contributed by atoms with Crippen LogP contribution in [0.4, 0.5) is 18.9 Å². The Kier molecular flexibility index (Phi) is 7.33. The van der Waals surface area contributed by atoms with Crippen molar-refractivity contribution in [3.8, 4) is 11.4 Å². The van der Waals surface area contributed by atoms with Crippen molar-refractivity contribution in [2.75, 3.05) is 11.1 Å². The fraction of sp³-hybridized carbons (Fsp3) is 0.350. The van der Waals surface area contributed by atoms with Gasteiger partial charge >= 0.3 is 6.18 Å². The molecule has 166 valence electrons. The summed E-state index contributed by atoms with van der Waals surface area (Å²) < 4.78 is 40.7. The number of amides is 1. The summed E-state index contributed by atoms with van der Waals surface area (Å²) >= 11 is 8.76. The molecule has 0 atom stereocenters. The van der Waals surface area contributed by atoms with Crippen LogP contribution in [0.3, 0.4) is 0 Å². The number of anilines is 1. The summed E-state index contributed by atoms with van der Waals surface area (Å²) in [6.07, 6.45) is -3.67. The number of carbonyl (C=O) groups is 1. The normalized spacial score (nSPS) is 11.7. The maximum Gasteiger partial charge on any atom is 0.416 e. The van der Waals surface area contributed by atoms with Gasteiger partial charge in [-0.3, -0.25) is 4.79 Å². The molecule has 3 rings (SSSR count). The van der Waals surface area contributed by atoms with Crippen molar-refractivity contribution in [2.24, 2.45) is 0 Å². The van der Waals surface area contributed by atoms with E-state index < -0.39 is 17.6 Å². The zero-order chi connectivity index (χ0) is 22.8. The van der Waals surface area contributed by atoms with Gasteiger partial charge in [-0.2, -0.15) is 13.2 Å². The monoisotopic (exact) mass is 488 g/mol. The standard InChI is InChI=1S/C20H20ClF3N4OS2/c1-4-7-28-18(14-9-30-12(3)11(14)2)26-27-19(28)31-10-17(29)25-16-8-13(20(22,23)24)5-6-15(16)21/h5-6,8-9H,4,7,10H2,1-3H3,(H,25,29).